The summed E-state index contributed by atoms with van der Waals surface area (Å²) in [6, 6.07) is 61.8. The molecule has 256 valence electrons. The van der Waals surface area contributed by atoms with Gasteiger partial charge in [-0.2, -0.15) is 0 Å². The molecule has 0 N–H and O–H groups in total. The molecule has 2 heterocycles. The van der Waals surface area contributed by atoms with E-state index >= 15 is 0 Å². The molecule has 0 saturated carbocycles. The van der Waals surface area contributed by atoms with Crippen molar-refractivity contribution in [2.45, 2.75) is 0 Å². The van der Waals surface area contributed by atoms with Gasteiger partial charge in [-0.25, -0.2) is 19.9 Å². The third kappa shape index (κ3) is 7.01. The van der Waals surface area contributed by atoms with Gasteiger partial charge in [-0.05, 0) is 67.4 Å². The summed E-state index contributed by atoms with van der Waals surface area (Å²) in [6.07, 6.45) is 0. The Labute approximate surface area is 322 Å². The summed E-state index contributed by atoms with van der Waals surface area (Å²) in [5, 5.41) is 10.3. The highest BCUT2D eigenvalue weighted by atomic mass is 35.5. The van der Waals surface area contributed by atoms with Crippen LogP contribution in [-0.4, -0.2) is 19.9 Å². The number of nitrogens with zero attached hydrogens (tertiary/aromatic N) is 4. The van der Waals surface area contributed by atoms with Crippen molar-refractivity contribution in [1.29, 1.82) is 0 Å². The molecule has 10 aromatic rings. The Balaban J connectivity index is 0.000000142. The first-order chi connectivity index (χ1) is 26.5. The molecule has 0 atom stereocenters. The van der Waals surface area contributed by atoms with Crippen LogP contribution in [0.3, 0.4) is 0 Å². The van der Waals surface area contributed by atoms with Crippen LogP contribution in [0.15, 0.2) is 182 Å². The molecule has 0 radical (unpaired) electrons. The standard InChI is InChI=1S/2C24H15ClN2/c2*25-23-15-22(20-11-9-16-5-1-3-7-18(16)13-20)26-24(27-23)21-12-10-17-6-2-4-8-19(17)14-21/h2*1-15H. The van der Waals surface area contributed by atoms with E-state index in [0.29, 0.717) is 22.0 Å². The molecule has 0 saturated heterocycles. The molecule has 2 aromatic heterocycles. The molecule has 0 spiro atoms. The summed E-state index contributed by atoms with van der Waals surface area (Å²) in [7, 11) is 0. The summed E-state index contributed by atoms with van der Waals surface area (Å²) >= 11 is 12.7. The van der Waals surface area contributed by atoms with Crippen molar-refractivity contribution in [2.24, 2.45) is 0 Å². The maximum absolute atomic E-state index is 6.34. The van der Waals surface area contributed by atoms with Gasteiger partial charge in [0.05, 0.1) is 11.4 Å². The SMILES string of the molecule is Clc1cc(-c2ccc3ccccc3c2)nc(-c2ccc3ccccc3c2)n1.Clc1cc(-c2ccc3ccccc3c2)nc(-c2ccc3ccccc3c2)n1. The van der Waals surface area contributed by atoms with Gasteiger partial charge in [0.2, 0.25) is 0 Å². The van der Waals surface area contributed by atoms with Crippen molar-refractivity contribution >= 4 is 66.3 Å². The minimum atomic E-state index is 0.441. The summed E-state index contributed by atoms with van der Waals surface area (Å²) in [5.41, 5.74) is 5.62. The first kappa shape index (κ1) is 33.4. The van der Waals surface area contributed by atoms with Crippen molar-refractivity contribution in [3.8, 4) is 45.3 Å². The molecule has 8 aromatic carbocycles. The number of hydrogen-bond acceptors (Lipinski definition) is 4. The molecule has 4 nitrogen and oxygen atoms in total. The molecule has 0 aliphatic carbocycles. The summed E-state index contributed by atoms with van der Waals surface area (Å²) < 4.78 is 0. The van der Waals surface area contributed by atoms with Gasteiger partial charge in [0.1, 0.15) is 10.3 Å². The summed E-state index contributed by atoms with van der Waals surface area (Å²) in [5.74, 6) is 1.27. The van der Waals surface area contributed by atoms with Crippen molar-refractivity contribution in [1.82, 2.24) is 19.9 Å². The summed E-state index contributed by atoms with van der Waals surface area (Å²) in [6.45, 7) is 0. The van der Waals surface area contributed by atoms with Crippen LogP contribution in [0.4, 0.5) is 0 Å². The zero-order chi connectivity index (χ0) is 36.4. The molecule has 0 unspecified atom stereocenters. The third-order valence-electron chi connectivity index (χ3n) is 9.50. The second-order valence-electron chi connectivity index (χ2n) is 13.0. The molecular formula is C48H30Cl2N4. The highest BCUT2D eigenvalue weighted by molar-refractivity contribution is 6.30. The Morgan fingerprint density at radius 2 is 0.537 bits per heavy atom. The molecule has 0 amide bonds. The van der Waals surface area contributed by atoms with Gasteiger partial charge in [0, 0.05) is 34.4 Å². The van der Waals surface area contributed by atoms with Crippen LogP contribution in [0.25, 0.3) is 88.4 Å². The lowest BCUT2D eigenvalue weighted by Gasteiger charge is -2.08. The number of rotatable bonds is 4. The van der Waals surface area contributed by atoms with Crippen LogP contribution < -0.4 is 0 Å². The number of benzene rings is 8. The monoisotopic (exact) mass is 732 g/mol. The molecular weight excluding hydrogens is 703 g/mol. The third-order valence-corrected chi connectivity index (χ3v) is 9.88. The molecule has 0 bridgehead atoms. The minimum absolute atomic E-state index is 0.441. The number of hydrogen-bond donors (Lipinski definition) is 0. The van der Waals surface area contributed by atoms with Crippen LogP contribution in [0, 0.1) is 0 Å². The van der Waals surface area contributed by atoms with Crippen LogP contribution >= 0.6 is 23.2 Å². The van der Waals surface area contributed by atoms with Gasteiger partial charge in [-0.3, -0.25) is 0 Å². The quantitative estimate of drug-likeness (QED) is 0.169. The Morgan fingerprint density at radius 3 is 0.870 bits per heavy atom. The van der Waals surface area contributed by atoms with E-state index in [-0.39, 0.29) is 0 Å². The molecule has 10 rings (SSSR count). The van der Waals surface area contributed by atoms with Crippen LogP contribution in [0.5, 0.6) is 0 Å². The van der Waals surface area contributed by atoms with Crippen LogP contribution in [0.2, 0.25) is 10.3 Å². The van der Waals surface area contributed by atoms with Gasteiger partial charge in [0.25, 0.3) is 0 Å². The van der Waals surface area contributed by atoms with Gasteiger partial charge < -0.3 is 0 Å². The highest BCUT2D eigenvalue weighted by Gasteiger charge is 2.11. The van der Waals surface area contributed by atoms with E-state index in [1.807, 2.05) is 72.8 Å². The highest BCUT2D eigenvalue weighted by Crippen LogP contribution is 2.30. The topological polar surface area (TPSA) is 51.6 Å². The molecule has 0 aliphatic heterocycles. The Hall–Kier alpha value is -6.46. The van der Waals surface area contributed by atoms with Crippen molar-refractivity contribution in [3.05, 3.63) is 192 Å². The average Bonchev–Trinajstić information content (AvgIpc) is 3.22. The predicted octanol–water partition coefficient (Wildman–Crippen LogP) is 13.5. The van der Waals surface area contributed by atoms with E-state index in [4.69, 9.17) is 33.2 Å². The first-order valence-electron chi connectivity index (χ1n) is 17.6. The first-order valence-corrected chi connectivity index (χ1v) is 18.3. The second kappa shape index (κ2) is 14.5. The minimum Gasteiger partial charge on any atom is -0.228 e. The van der Waals surface area contributed by atoms with E-state index in [1.54, 1.807) is 0 Å². The van der Waals surface area contributed by atoms with Gasteiger partial charge in [-0.1, -0.05) is 169 Å². The van der Waals surface area contributed by atoms with E-state index in [9.17, 15) is 0 Å². The lowest BCUT2D eigenvalue weighted by molar-refractivity contribution is 1.18. The fraction of sp³-hybridized carbons (Fsp3) is 0. The Morgan fingerprint density at radius 1 is 0.259 bits per heavy atom. The van der Waals surface area contributed by atoms with Crippen molar-refractivity contribution in [3.63, 3.8) is 0 Å². The van der Waals surface area contributed by atoms with Crippen molar-refractivity contribution in [2.75, 3.05) is 0 Å². The number of aromatic nitrogens is 4. The zero-order valence-corrected chi connectivity index (χ0v) is 30.4. The maximum Gasteiger partial charge on any atom is 0.161 e. The molecule has 0 aliphatic rings. The fourth-order valence-electron chi connectivity index (χ4n) is 6.74. The second-order valence-corrected chi connectivity index (χ2v) is 13.8. The van der Waals surface area contributed by atoms with E-state index in [1.165, 1.54) is 32.3 Å². The summed E-state index contributed by atoms with van der Waals surface area (Å²) in [4.78, 5) is 18.5. The number of fused-ring (bicyclic) bond motifs is 4. The van der Waals surface area contributed by atoms with E-state index in [2.05, 4.69) is 119 Å². The lowest BCUT2D eigenvalue weighted by atomic mass is 10.0. The predicted molar refractivity (Wildman–Crippen MR) is 226 cm³/mol. The average molecular weight is 734 g/mol. The molecule has 54 heavy (non-hydrogen) atoms. The Bertz CT molecular complexity index is 2600. The normalized spacial score (nSPS) is 11.1. The van der Waals surface area contributed by atoms with Gasteiger partial charge in [0.15, 0.2) is 11.6 Å². The smallest absolute Gasteiger partial charge is 0.161 e. The van der Waals surface area contributed by atoms with Gasteiger partial charge in [-0.15, -0.1) is 0 Å². The van der Waals surface area contributed by atoms with Crippen LogP contribution in [0.1, 0.15) is 0 Å². The van der Waals surface area contributed by atoms with E-state index < -0.39 is 0 Å². The number of halogens is 2. The molecule has 6 heteroatoms. The fourth-order valence-corrected chi connectivity index (χ4v) is 7.11. The zero-order valence-electron chi connectivity index (χ0n) is 28.9. The van der Waals surface area contributed by atoms with Gasteiger partial charge >= 0.3 is 0 Å². The Kier molecular flexibility index (Phi) is 8.97. The largest absolute Gasteiger partial charge is 0.228 e. The lowest BCUT2D eigenvalue weighted by Crippen LogP contribution is -1.93. The maximum atomic E-state index is 6.34. The van der Waals surface area contributed by atoms with E-state index in [0.717, 1.165) is 44.4 Å². The van der Waals surface area contributed by atoms with Crippen LogP contribution in [-0.2, 0) is 0 Å². The van der Waals surface area contributed by atoms with Crippen molar-refractivity contribution < 1.29 is 0 Å². The molecule has 0 fully saturated rings.